The van der Waals surface area contributed by atoms with Crippen molar-refractivity contribution in [2.75, 3.05) is 17.7 Å². The Bertz CT molecular complexity index is 1200. The first kappa shape index (κ1) is 23.9. The number of ketones is 1. The van der Waals surface area contributed by atoms with Crippen molar-refractivity contribution in [1.82, 2.24) is 9.97 Å². The van der Waals surface area contributed by atoms with Crippen molar-refractivity contribution in [2.45, 2.75) is 41.8 Å². The summed E-state index contributed by atoms with van der Waals surface area (Å²) in [5.74, 6) is -0.324. The van der Waals surface area contributed by atoms with Gasteiger partial charge in [-0.25, -0.2) is 19.6 Å². The second-order valence-corrected chi connectivity index (χ2v) is 10.3. The number of nitrogens with one attached hydrogen (secondary N) is 2. The van der Waals surface area contributed by atoms with E-state index in [1.807, 2.05) is 19.1 Å². The first-order valence-corrected chi connectivity index (χ1v) is 12.5. The Labute approximate surface area is 205 Å². The number of amides is 2. The third kappa shape index (κ3) is 5.81. The van der Waals surface area contributed by atoms with Gasteiger partial charge in [0.1, 0.15) is 5.03 Å². The summed E-state index contributed by atoms with van der Waals surface area (Å²) in [7, 11) is 1.32. The first-order chi connectivity index (χ1) is 16.4. The summed E-state index contributed by atoms with van der Waals surface area (Å²) in [6, 6.07) is 8.38. The lowest BCUT2D eigenvalue weighted by atomic mass is 9.94. The maximum absolute atomic E-state index is 13.0. The van der Waals surface area contributed by atoms with Crippen LogP contribution in [-0.2, 0) is 4.74 Å². The van der Waals surface area contributed by atoms with Crippen LogP contribution in [-0.4, -0.2) is 34.9 Å². The number of aromatic nitrogens is 2. The lowest BCUT2D eigenvalue weighted by Gasteiger charge is -2.14. The molecule has 0 radical (unpaired) electrons. The minimum Gasteiger partial charge on any atom is -0.465 e. The van der Waals surface area contributed by atoms with Crippen LogP contribution >= 0.6 is 23.1 Å². The minimum absolute atomic E-state index is 0.0271. The number of hydrogen-bond acceptors (Lipinski definition) is 8. The van der Waals surface area contributed by atoms with Gasteiger partial charge in [0.05, 0.1) is 28.8 Å². The lowest BCUT2D eigenvalue weighted by Crippen LogP contribution is -2.22. The molecule has 3 aromatic rings. The fourth-order valence-electron chi connectivity index (χ4n) is 3.78. The molecule has 34 heavy (non-hydrogen) atoms. The summed E-state index contributed by atoms with van der Waals surface area (Å²) in [4.78, 5) is 45.6. The van der Waals surface area contributed by atoms with Crippen molar-refractivity contribution < 1.29 is 19.1 Å². The SMILES string of the molecule is COC(=O)c1ccc(Sc2cnc(NC(=O)Nc3ccc(C)cc3C(=O)C3CCCC3)s2)nc1. The standard InChI is InChI=1S/C24H24N4O4S2/c1-14-7-9-18(17(11-14)21(29)15-5-3-4-6-15)27-23(31)28-24-26-13-20(34-24)33-19-10-8-16(12-25-19)22(30)32-2/h7-13,15H,3-6H2,1-2H3,(H2,26,27,28,31). The summed E-state index contributed by atoms with van der Waals surface area (Å²) in [6.45, 7) is 1.93. The number of thiazole rings is 1. The van der Waals surface area contributed by atoms with Gasteiger partial charge in [-0.05, 0) is 44.0 Å². The van der Waals surface area contributed by atoms with E-state index in [9.17, 15) is 14.4 Å². The second kappa shape index (κ2) is 10.8. The highest BCUT2D eigenvalue weighted by atomic mass is 32.2. The molecule has 1 aliphatic carbocycles. The summed E-state index contributed by atoms with van der Waals surface area (Å²) in [5, 5.41) is 6.64. The predicted molar refractivity (Wildman–Crippen MR) is 132 cm³/mol. The van der Waals surface area contributed by atoms with Gasteiger partial charge in [0.15, 0.2) is 10.9 Å². The highest BCUT2D eigenvalue weighted by Gasteiger charge is 2.26. The van der Waals surface area contributed by atoms with Crippen LogP contribution in [0.3, 0.4) is 0 Å². The van der Waals surface area contributed by atoms with E-state index in [2.05, 4.69) is 25.3 Å². The number of hydrogen-bond donors (Lipinski definition) is 2. The Kier molecular flexibility index (Phi) is 7.59. The van der Waals surface area contributed by atoms with Crippen LogP contribution < -0.4 is 10.6 Å². The van der Waals surface area contributed by atoms with E-state index in [4.69, 9.17) is 0 Å². The molecule has 176 valence electrons. The molecule has 4 rings (SSSR count). The third-order valence-corrected chi connectivity index (χ3v) is 7.45. The summed E-state index contributed by atoms with van der Waals surface area (Å²) < 4.78 is 5.49. The number of aryl methyl sites for hydroxylation is 1. The Morgan fingerprint density at radius 3 is 2.56 bits per heavy atom. The van der Waals surface area contributed by atoms with Crippen LogP contribution in [0.15, 0.2) is 52.0 Å². The third-order valence-electron chi connectivity index (χ3n) is 5.48. The fraction of sp³-hybridized carbons (Fsp3) is 0.292. The van der Waals surface area contributed by atoms with E-state index >= 15 is 0 Å². The van der Waals surface area contributed by atoms with E-state index in [1.165, 1.54) is 36.4 Å². The number of anilines is 2. The zero-order chi connectivity index (χ0) is 24.1. The maximum Gasteiger partial charge on any atom is 0.339 e. The molecule has 0 atom stereocenters. The van der Waals surface area contributed by atoms with Gasteiger partial charge in [-0.3, -0.25) is 10.1 Å². The number of rotatable bonds is 7. The minimum atomic E-state index is -0.462. The molecule has 1 fully saturated rings. The molecular formula is C24H24N4O4S2. The van der Waals surface area contributed by atoms with Crippen molar-refractivity contribution in [3.63, 3.8) is 0 Å². The van der Waals surface area contributed by atoms with Crippen molar-refractivity contribution in [3.05, 3.63) is 59.4 Å². The smallest absolute Gasteiger partial charge is 0.339 e. The van der Waals surface area contributed by atoms with E-state index < -0.39 is 12.0 Å². The monoisotopic (exact) mass is 496 g/mol. The molecule has 1 aromatic carbocycles. The molecule has 2 N–H and O–H groups in total. The van der Waals surface area contributed by atoms with Crippen molar-refractivity contribution in [2.24, 2.45) is 5.92 Å². The average Bonchev–Trinajstić information content (AvgIpc) is 3.52. The molecule has 0 spiro atoms. The van der Waals surface area contributed by atoms with Crippen LogP contribution in [0.4, 0.5) is 15.6 Å². The van der Waals surface area contributed by atoms with Gasteiger partial charge in [0.25, 0.3) is 0 Å². The van der Waals surface area contributed by atoms with Gasteiger partial charge in [0, 0.05) is 17.7 Å². The zero-order valence-corrected chi connectivity index (χ0v) is 20.4. The van der Waals surface area contributed by atoms with Gasteiger partial charge in [-0.2, -0.15) is 0 Å². The number of pyridine rings is 1. The van der Waals surface area contributed by atoms with Gasteiger partial charge >= 0.3 is 12.0 Å². The van der Waals surface area contributed by atoms with E-state index in [0.29, 0.717) is 27.0 Å². The number of esters is 1. The zero-order valence-electron chi connectivity index (χ0n) is 18.8. The van der Waals surface area contributed by atoms with Crippen molar-refractivity contribution >= 4 is 51.7 Å². The molecule has 1 saturated carbocycles. The fourth-order valence-corrected chi connectivity index (χ4v) is 5.53. The Hall–Kier alpha value is -3.24. The quantitative estimate of drug-likeness (QED) is 0.314. The molecule has 10 heteroatoms. The molecule has 2 aromatic heterocycles. The van der Waals surface area contributed by atoms with Crippen LogP contribution in [0.2, 0.25) is 0 Å². The molecule has 0 unspecified atom stereocenters. The molecular weight excluding hydrogens is 472 g/mol. The Morgan fingerprint density at radius 2 is 1.85 bits per heavy atom. The molecule has 0 aliphatic heterocycles. The predicted octanol–water partition coefficient (Wildman–Crippen LogP) is 5.80. The second-order valence-electron chi connectivity index (χ2n) is 7.94. The van der Waals surface area contributed by atoms with Gasteiger partial charge in [0.2, 0.25) is 0 Å². The van der Waals surface area contributed by atoms with Crippen LogP contribution in [0.5, 0.6) is 0 Å². The number of carbonyl (C=O) groups excluding carboxylic acids is 3. The topological polar surface area (TPSA) is 110 Å². The summed E-state index contributed by atoms with van der Waals surface area (Å²) in [6.07, 6.45) is 7.04. The first-order valence-electron chi connectivity index (χ1n) is 10.8. The number of nitrogens with zero attached hydrogens (tertiary/aromatic N) is 2. The van der Waals surface area contributed by atoms with E-state index in [0.717, 1.165) is 35.5 Å². The summed E-state index contributed by atoms with van der Waals surface area (Å²) >= 11 is 2.66. The largest absolute Gasteiger partial charge is 0.465 e. The van der Waals surface area contributed by atoms with Crippen LogP contribution in [0.25, 0.3) is 0 Å². The molecule has 8 nitrogen and oxygen atoms in total. The number of methoxy groups -OCH3 is 1. The highest BCUT2D eigenvalue weighted by Crippen LogP contribution is 2.34. The van der Waals surface area contributed by atoms with Crippen molar-refractivity contribution in [1.29, 1.82) is 0 Å². The van der Waals surface area contributed by atoms with Gasteiger partial charge < -0.3 is 10.1 Å². The molecule has 0 bridgehead atoms. The molecule has 2 heterocycles. The molecule has 1 aliphatic rings. The van der Waals surface area contributed by atoms with E-state index in [1.54, 1.807) is 24.4 Å². The highest BCUT2D eigenvalue weighted by molar-refractivity contribution is 8.01. The van der Waals surface area contributed by atoms with Gasteiger partial charge in [-0.1, -0.05) is 47.6 Å². The number of benzene rings is 1. The van der Waals surface area contributed by atoms with Crippen LogP contribution in [0, 0.1) is 12.8 Å². The summed E-state index contributed by atoms with van der Waals surface area (Å²) in [5.41, 5.74) is 2.40. The Morgan fingerprint density at radius 1 is 1.06 bits per heavy atom. The normalized spacial score (nSPS) is 13.5. The Balaban J connectivity index is 1.39. The van der Waals surface area contributed by atoms with Crippen LogP contribution in [0.1, 0.15) is 52.0 Å². The molecule has 2 amide bonds. The lowest BCUT2D eigenvalue weighted by molar-refractivity contribution is 0.0600. The number of urea groups is 1. The van der Waals surface area contributed by atoms with E-state index in [-0.39, 0.29) is 11.7 Å². The number of carbonyl (C=O) groups is 3. The average molecular weight is 497 g/mol. The van der Waals surface area contributed by atoms with Gasteiger partial charge in [-0.15, -0.1) is 0 Å². The maximum atomic E-state index is 13.0. The molecule has 0 saturated heterocycles. The number of ether oxygens (including phenoxy) is 1. The number of Topliss-reactive ketones (excluding diaryl/α,β-unsaturated/α-hetero) is 1. The van der Waals surface area contributed by atoms with Crippen molar-refractivity contribution in [3.8, 4) is 0 Å².